The van der Waals surface area contributed by atoms with Gasteiger partial charge in [0.2, 0.25) is 0 Å². The minimum Gasteiger partial charge on any atom is -0.383 e. The first-order valence-electron chi connectivity index (χ1n) is 6.95. The second-order valence-electron chi connectivity index (χ2n) is 5.19. The number of nitrogens with two attached hydrogens (primary N) is 1. The number of aromatic amines is 1. The van der Waals surface area contributed by atoms with E-state index in [1.54, 1.807) is 0 Å². The Balaban J connectivity index is 2.27. The average Bonchev–Trinajstić information content (AvgIpc) is 3.17. The lowest BCUT2D eigenvalue weighted by Gasteiger charge is -2.19. The van der Waals surface area contributed by atoms with Crippen LogP contribution in [0.5, 0.6) is 0 Å². The molecule has 19 heavy (non-hydrogen) atoms. The fraction of sp³-hybridized carbons (Fsp3) is 0.692. The van der Waals surface area contributed by atoms with Crippen LogP contribution in [0.4, 0.5) is 11.5 Å². The molecule has 1 aliphatic rings. The van der Waals surface area contributed by atoms with Crippen LogP contribution in [-0.2, 0) is 6.54 Å². The van der Waals surface area contributed by atoms with E-state index in [1.807, 2.05) is 6.92 Å². The molecule has 1 fully saturated rings. The first-order chi connectivity index (χ1) is 9.06. The van der Waals surface area contributed by atoms with E-state index in [1.165, 1.54) is 17.4 Å². The number of nitrogens with one attached hydrogen (secondary N) is 2. The fourth-order valence-electron chi connectivity index (χ4n) is 2.33. The molecule has 1 aliphatic carbocycles. The van der Waals surface area contributed by atoms with E-state index in [9.17, 15) is 9.59 Å². The van der Waals surface area contributed by atoms with Gasteiger partial charge in [-0.25, -0.2) is 4.79 Å². The van der Waals surface area contributed by atoms with Gasteiger partial charge in [-0.1, -0.05) is 19.8 Å². The zero-order chi connectivity index (χ0) is 14.0. The molecule has 1 aromatic rings. The summed E-state index contributed by atoms with van der Waals surface area (Å²) in [4.78, 5) is 25.8. The number of hydrogen-bond acceptors (Lipinski definition) is 4. The summed E-state index contributed by atoms with van der Waals surface area (Å²) in [6.07, 6.45) is 4.54. The Kier molecular flexibility index (Phi) is 3.97. The van der Waals surface area contributed by atoms with Gasteiger partial charge in [0, 0.05) is 12.6 Å². The highest BCUT2D eigenvalue weighted by molar-refractivity contribution is 5.60. The van der Waals surface area contributed by atoms with Crippen LogP contribution in [0, 0.1) is 5.92 Å². The first kappa shape index (κ1) is 13.7. The minimum absolute atomic E-state index is 0.227. The third-order valence-corrected chi connectivity index (χ3v) is 3.71. The number of nitrogens with zero attached hydrogens (tertiary/aromatic N) is 1. The molecule has 0 radical (unpaired) electrons. The summed E-state index contributed by atoms with van der Waals surface area (Å²) in [6.45, 7) is 4.34. The lowest BCUT2D eigenvalue weighted by atomic mass is 10.1. The second kappa shape index (κ2) is 5.50. The predicted molar refractivity (Wildman–Crippen MR) is 76.5 cm³/mol. The Bertz CT molecular complexity index is 557. The van der Waals surface area contributed by atoms with Crippen LogP contribution in [-0.4, -0.2) is 15.6 Å². The number of aromatic nitrogens is 2. The van der Waals surface area contributed by atoms with E-state index in [4.69, 9.17) is 5.73 Å². The van der Waals surface area contributed by atoms with E-state index in [-0.39, 0.29) is 11.9 Å². The van der Waals surface area contributed by atoms with Crippen LogP contribution in [0.3, 0.4) is 0 Å². The Morgan fingerprint density at radius 2 is 2.11 bits per heavy atom. The van der Waals surface area contributed by atoms with Gasteiger partial charge in [-0.05, 0) is 25.7 Å². The van der Waals surface area contributed by atoms with Crippen molar-refractivity contribution in [1.82, 2.24) is 9.55 Å². The molecule has 1 unspecified atom stereocenters. The van der Waals surface area contributed by atoms with Gasteiger partial charge in [0.05, 0.1) is 0 Å². The highest BCUT2D eigenvalue weighted by Gasteiger charge is 2.25. The van der Waals surface area contributed by atoms with Crippen molar-refractivity contribution in [3.8, 4) is 0 Å². The first-order valence-corrected chi connectivity index (χ1v) is 6.95. The zero-order valence-electron chi connectivity index (χ0n) is 11.5. The lowest BCUT2D eigenvalue weighted by molar-refractivity contribution is 0.584. The summed E-state index contributed by atoms with van der Waals surface area (Å²) in [7, 11) is 0. The maximum absolute atomic E-state index is 11.9. The summed E-state index contributed by atoms with van der Waals surface area (Å²) in [5.41, 5.74) is 5.37. The summed E-state index contributed by atoms with van der Waals surface area (Å²) in [6, 6.07) is 0.235. The molecule has 1 atom stereocenters. The van der Waals surface area contributed by atoms with Gasteiger partial charge in [0.1, 0.15) is 11.5 Å². The molecule has 6 heteroatoms. The maximum atomic E-state index is 11.9. The van der Waals surface area contributed by atoms with Gasteiger partial charge in [-0.2, -0.15) is 0 Å². The van der Waals surface area contributed by atoms with Crippen LogP contribution in [0.2, 0.25) is 0 Å². The molecule has 0 saturated heterocycles. The molecule has 0 amide bonds. The highest BCUT2D eigenvalue weighted by atomic mass is 16.2. The lowest BCUT2D eigenvalue weighted by Crippen LogP contribution is -2.35. The van der Waals surface area contributed by atoms with Crippen LogP contribution in [0.15, 0.2) is 9.59 Å². The van der Waals surface area contributed by atoms with E-state index >= 15 is 0 Å². The van der Waals surface area contributed by atoms with Crippen molar-refractivity contribution in [1.29, 1.82) is 0 Å². The Morgan fingerprint density at radius 3 is 2.63 bits per heavy atom. The molecule has 4 N–H and O–H groups in total. The molecule has 0 aliphatic heterocycles. The number of nitrogen functional groups attached to an aromatic ring is 1. The summed E-state index contributed by atoms with van der Waals surface area (Å²) < 4.78 is 1.37. The van der Waals surface area contributed by atoms with Gasteiger partial charge in [-0.15, -0.1) is 0 Å². The van der Waals surface area contributed by atoms with E-state index in [0.717, 1.165) is 18.8 Å². The fourth-order valence-corrected chi connectivity index (χ4v) is 2.33. The molecule has 0 spiro atoms. The van der Waals surface area contributed by atoms with Crippen LogP contribution in [0.25, 0.3) is 0 Å². The maximum Gasteiger partial charge on any atom is 0.330 e. The molecule has 0 bridgehead atoms. The standard InChI is InChI=1S/C13H22N4O2/c1-3-9(7-8-5-6-8)15-10-11(14)17(4-2)13(19)16-12(10)18/h8-9,15H,3-7,14H2,1-2H3,(H,16,18,19). The van der Waals surface area contributed by atoms with Crippen molar-refractivity contribution in [2.45, 2.75) is 52.1 Å². The molecule has 106 valence electrons. The van der Waals surface area contributed by atoms with E-state index in [2.05, 4.69) is 17.2 Å². The normalized spacial score (nSPS) is 16.3. The average molecular weight is 266 g/mol. The minimum atomic E-state index is -0.453. The van der Waals surface area contributed by atoms with E-state index < -0.39 is 11.2 Å². The van der Waals surface area contributed by atoms with Gasteiger partial charge in [0.25, 0.3) is 5.56 Å². The van der Waals surface area contributed by atoms with Gasteiger partial charge in [-0.3, -0.25) is 14.3 Å². The van der Waals surface area contributed by atoms with Crippen molar-refractivity contribution >= 4 is 11.5 Å². The Labute approximate surface area is 112 Å². The Morgan fingerprint density at radius 1 is 1.42 bits per heavy atom. The molecule has 6 nitrogen and oxygen atoms in total. The topological polar surface area (TPSA) is 92.9 Å². The molecule has 2 rings (SSSR count). The molecule has 1 heterocycles. The van der Waals surface area contributed by atoms with E-state index in [0.29, 0.717) is 12.2 Å². The quantitative estimate of drug-likeness (QED) is 0.719. The number of anilines is 2. The van der Waals surface area contributed by atoms with Crippen molar-refractivity contribution in [3.05, 3.63) is 20.8 Å². The summed E-state index contributed by atoms with van der Waals surface area (Å²) >= 11 is 0. The third kappa shape index (κ3) is 3.00. The summed E-state index contributed by atoms with van der Waals surface area (Å²) in [5, 5.41) is 3.21. The zero-order valence-corrected chi connectivity index (χ0v) is 11.5. The number of rotatable bonds is 6. The number of hydrogen-bond donors (Lipinski definition) is 3. The SMILES string of the molecule is CCC(CC1CC1)Nc1c(N)n(CC)c(=O)[nH]c1=O. The monoisotopic (exact) mass is 266 g/mol. The van der Waals surface area contributed by atoms with Crippen LogP contribution < -0.4 is 22.3 Å². The van der Waals surface area contributed by atoms with Gasteiger partial charge < -0.3 is 11.1 Å². The summed E-state index contributed by atoms with van der Waals surface area (Å²) in [5.74, 6) is 1.00. The van der Waals surface area contributed by atoms with Crippen molar-refractivity contribution in [3.63, 3.8) is 0 Å². The molecule has 0 aromatic carbocycles. The highest BCUT2D eigenvalue weighted by Crippen LogP contribution is 2.34. The van der Waals surface area contributed by atoms with Gasteiger partial charge >= 0.3 is 5.69 Å². The molecular formula is C13H22N4O2. The molecule has 1 aromatic heterocycles. The van der Waals surface area contributed by atoms with Crippen LogP contribution >= 0.6 is 0 Å². The third-order valence-electron chi connectivity index (χ3n) is 3.71. The van der Waals surface area contributed by atoms with Crippen molar-refractivity contribution in [2.75, 3.05) is 11.1 Å². The predicted octanol–water partition coefficient (Wildman–Crippen LogP) is 1.13. The molecular weight excluding hydrogens is 244 g/mol. The van der Waals surface area contributed by atoms with Gasteiger partial charge in [0.15, 0.2) is 0 Å². The smallest absolute Gasteiger partial charge is 0.330 e. The number of H-pyrrole nitrogens is 1. The Hall–Kier alpha value is -1.72. The van der Waals surface area contributed by atoms with Crippen molar-refractivity contribution < 1.29 is 0 Å². The largest absolute Gasteiger partial charge is 0.383 e. The molecule has 1 saturated carbocycles. The second-order valence-corrected chi connectivity index (χ2v) is 5.19. The van der Waals surface area contributed by atoms with Crippen LogP contribution in [0.1, 0.15) is 39.5 Å². The van der Waals surface area contributed by atoms with Crippen molar-refractivity contribution in [2.24, 2.45) is 5.92 Å².